The van der Waals surface area contributed by atoms with Gasteiger partial charge in [-0.05, 0) is 40.3 Å². The maximum Gasteiger partial charge on any atom is 0.0154 e. The molecule has 1 heterocycles. The minimum Gasteiger partial charge on any atom is -0.344 e. The fourth-order valence-corrected chi connectivity index (χ4v) is 1.82. The fourth-order valence-electron chi connectivity index (χ4n) is 1.82. The van der Waals surface area contributed by atoms with Crippen LogP contribution in [0.1, 0.15) is 26.7 Å². The van der Waals surface area contributed by atoms with Gasteiger partial charge in [0.05, 0.1) is 0 Å². The van der Waals surface area contributed by atoms with Gasteiger partial charge in [0.25, 0.3) is 0 Å². The first kappa shape index (κ1) is 11.9. The van der Waals surface area contributed by atoms with E-state index >= 15 is 0 Å². The van der Waals surface area contributed by atoms with Crippen LogP contribution in [0.4, 0.5) is 0 Å². The average molecular weight is 173 g/mol. The van der Waals surface area contributed by atoms with Crippen molar-refractivity contribution in [1.82, 2.24) is 16.4 Å². The van der Waals surface area contributed by atoms with Crippen LogP contribution in [-0.2, 0) is 0 Å². The summed E-state index contributed by atoms with van der Waals surface area (Å²) in [7, 11) is 2.02. The van der Waals surface area contributed by atoms with Gasteiger partial charge >= 0.3 is 0 Å². The summed E-state index contributed by atoms with van der Waals surface area (Å²) in [4.78, 5) is 2.57. The molecule has 1 fully saturated rings. The van der Waals surface area contributed by atoms with Crippen molar-refractivity contribution in [2.75, 3.05) is 26.7 Å². The summed E-state index contributed by atoms with van der Waals surface area (Å²) in [5.41, 5.74) is 0.455. The summed E-state index contributed by atoms with van der Waals surface area (Å²) in [6.07, 6.45) is 2.73. The largest absolute Gasteiger partial charge is 0.344 e. The minimum absolute atomic E-state index is 0. The van der Waals surface area contributed by atoms with Gasteiger partial charge in [0.15, 0.2) is 0 Å². The van der Waals surface area contributed by atoms with Crippen LogP contribution in [0, 0.1) is 0 Å². The number of nitrogens with one attached hydrogen (secondary N) is 1. The molecule has 0 aromatic rings. The Bertz CT molecular complexity index is 123. The highest BCUT2D eigenvalue weighted by Gasteiger charge is 2.30. The van der Waals surface area contributed by atoms with Crippen molar-refractivity contribution in [1.29, 1.82) is 0 Å². The van der Waals surface area contributed by atoms with E-state index < -0.39 is 0 Å². The highest BCUT2D eigenvalue weighted by atomic mass is 15.2. The molecule has 1 rings (SSSR count). The number of likely N-dealkylation sites (tertiary alicyclic amines) is 1. The van der Waals surface area contributed by atoms with Gasteiger partial charge in [-0.2, -0.15) is 0 Å². The molecule has 74 valence electrons. The van der Waals surface area contributed by atoms with Crippen LogP contribution in [0.3, 0.4) is 0 Å². The molecule has 1 saturated heterocycles. The molecule has 0 unspecified atom stereocenters. The van der Waals surface area contributed by atoms with Crippen LogP contribution in [0.15, 0.2) is 0 Å². The molecule has 4 N–H and O–H groups in total. The first-order valence-electron chi connectivity index (χ1n) is 4.56. The third kappa shape index (κ3) is 2.73. The molecular weight excluding hydrogens is 150 g/mol. The molecule has 0 aromatic heterocycles. The molecule has 0 spiro atoms. The lowest BCUT2D eigenvalue weighted by molar-refractivity contribution is 0.177. The Hall–Kier alpha value is -0.120. The van der Waals surface area contributed by atoms with Crippen molar-refractivity contribution >= 4 is 0 Å². The molecule has 0 saturated carbocycles. The topological polar surface area (TPSA) is 50.3 Å². The van der Waals surface area contributed by atoms with Crippen molar-refractivity contribution in [2.45, 2.75) is 32.2 Å². The second-order valence-electron chi connectivity index (χ2n) is 4.01. The Morgan fingerprint density at radius 2 is 2.08 bits per heavy atom. The number of likely N-dealkylation sites (N-methyl/N-ethyl adjacent to an activating group) is 1. The molecule has 0 aliphatic carbocycles. The van der Waals surface area contributed by atoms with E-state index in [1.54, 1.807) is 0 Å². The van der Waals surface area contributed by atoms with Gasteiger partial charge in [-0.25, -0.2) is 0 Å². The number of nitrogens with zero attached hydrogens (tertiary/aromatic N) is 1. The molecule has 0 bridgehead atoms. The monoisotopic (exact) mass is 173 g/mol. The zero-order valence-corrected chi connectivity index (χ0v) is 8.69. The second kappa shape index (κ2) is 4.80. The highest BCUT2D eigenvalue weighted by molar-refractivity contribution is 4.87. The first-order valence-corrected chi connectivity index (χ1v) is 4.56. The summed E-state index contributed by atoms with van der Waals surface area (Å²) >= 11 is 0. The Morgan fingerprint density at radius 1 is 1.42 bits per heavy atom. The predicted octanol–water partition coefficient (Wildman–Crippen LogP) is 1.24. The van der Waals surface area contributed by atoms with Crippen molar-refractivity contribution < 1.29 is 0 Å². The smallest absolute Gasteiger partial charge is 0.0154 e. The van der Waals surface area contributed by atoms with Gasteiger partial charge < -0.3 is 11.5 Å². The average Bonchev–Trinajstić information content (AvgIpc) is 2.25. The summed E-state index contributed by atoms with van der Waals surface area (Å²) in [6.45, 7) is 8.28. The normalized spacial score (nSPS) is 22.2. The lowest BCUT2D eigenvalue weighted by atomic mass is 10.0. The van der Waals surface area contributed by atoms with E-state index in [1.165, 1.54) is 25.9 Å². The van der Waals surface area contributed by atoms with E-state index in [0.717, 1.165) is 6.54 Å². The predicted molar refractivity (Wildman–Crippen MR) is 53.8 cm³/mol. The molecule has 1 aliphatic heterocycles. The first-order chi connectivity index (χ1) is 5.17. The van der Waals surface area contributed by atoms with Gasteiger partial charge in [-0.3, -0.25) is 4.90 Å². The molecule has 0 aromatic carbocycles. The SMILES string of the molecule is CNCCN1CCCC1(C)C.N. The van der Waals surface area contributed by atoms with Gasteiger partial charge in [0.1, 0.15) is 0 Å². The van der Waals surface area contributed by atoms with Crippen molar-refractivity contribution in [3.8, 4) is 0 Å². The van der Waals surface area contributed by atoms with Crippen LogP contribution in [0.2, 0.25) is 0 Å². The molecule has 1 aliphatic rings. The molecule has 12 heavy (non-hydrogen) atoms. The van der Waals surface area contributed by atoms with Crippen molar-refractivity contribution in [2.24, 2.45) is 0 Å². The van der Waals surface area contributed by atoms with E-state index in [0.29, 0.717) is 5.54 Å². The van der Waals surface area contributed by atoms with E-state index in [2.05, 4.69) is 24.1 Å². The Morgan fingerprint density at radius 3 is 2.50 bits per heavy atom. The number of rotatable bonds is 3. The van der Waals surface area contributed by atoms with Crippen LogP contribution in [0.25, 0.3) is 0 Å². The molecule has 0 radical (unpaired) electrons. The van der Waals surface area contributed by atoms with E-state index in [4.69, 9.17) is 0 Å². The van der Waals surface area contributed by atoms with Gasteiger partial charge in [-0.1, -0.05) is 0 Å². The summed E-state index contributed by atoms with van der Waals surface area (Å²) < 4.78 is 0. The molecule has 3 nitrogen and oxygen atoms in total. The molecule has 3 heteroatoms. The van der Waals surface area contributed by atoms with Crippen molar-refractivity contribution in [3.63, 3.8) is 0 Å². The van der Waals surface area contributed by atoms with E-state index in [-0.39, 0.29) is 6.15 Å². The zero-order chi connectivity index (χ0) is 8.32. The quantitative estimate of drug-likeness (QED) is 0.675. The summed E-state index contributed by atoms with van der Waals surface area (Å²) in [5.74, 6) is 0. The molecular formula is C9H23N3. The van der Waals surface area contributed by atoms with Crippen LogP contribution < -0.4 is 11.5 Å². The van der Waals surface area contributed by atoms with E-state index in [9.17, 15) is 0 Å². The fraction of sp³-hybridized carbons (Fsp3) is 1.00. The van der Waals surface area contributed by atoms with Crippen molar-refractivity contribution in [3.05, 3.63) is 0 Å². The summed E-state index contributed by atoms with van der Waals surface area (Å²) in [5, 5.41) is 3.19. The number of hydrogen-bond acceptors (Lipinski definition) is 3. The lowest BCUT2D eigenvalue weighted by Gasteiger charge is -2.31. The minimum atomic E-state index is 0. The standard InChI is InChI=1S/C9H20N2.H3N/c1-9(2)5-4-7-11(9)8-6-10-3;/h10H,4-8H2,1-3H3;1H3. The van der Waals surface area contributed by atoms with Gasteiger partial charge in [0, 0.05) is 18.6 Å². The Balaban J connectivity index is 0.00000121. The number of hydrogen-bond donors (Lipinski definition) is 2. The Labute approximate surface area is 76.1 Å². The maximum absolute atomic E-state index is 3.19. The Kier molecular flexibility index (Phi) is 4.75. The maximum atomic E-state index is 3.19. The second-order valence-corrected chi connectivity index (χ2v) is 4.01. The van der Waals surface area contributed by atoms with Crippen LogP contribution in [-0.4, -0.2) is 37.1 Å². The van der Waals surface area contributed by atoms with Gasteiger partial charge in [-0.15, -0.1) is 0 Å². The highest BCUT2D eigenvalue weighted by Crippen LogP contribution is 2.27. The molecule has 0 atom stereocenters. The lowest BCUT2D eigenvalue weighted by Crippen LogP contribution is -2.41. The van der Waals surface area contributed by atoms with Crippen LogP contribution in [0.5, 0.6) is 0 Å². The van der Waals surface area contributed by atoms with E-state index in [1.807, 2.05) is 7.05 Å². The summed E-state index contributed by atoms with van der Waals surface area (Å²) in [6, 6.07) is 0. The molecule has 0 amide bonds. The van der Waals surface area contributed by atoms with Crippen LogP contribution >= 0.6 is 0 Å². The zero-order valence-electron chi connectivity index (χ0n) is 8.69. The third-order valence-corrected chi connectivity index (χ3v) is 2.70. The third-order valence-electron chi connectivity index (χ3n) is 2.70. The van der Waals surface area contributed by atoms with Gasteiger partial charge in [0.2, 0.25) is 0 Å².